The number of hydrogen-bond acceptors (Lipinski definition) is 3. The molecular formula is C17H21N3O3S. The van der Waals surface area contributed by atoms with Gasteiger partial charge >= 0.3 is 6.03 Å². The first-order valence-electron chi connectivity index (χ1n) is 7.54. The molecule has 0 unspecified atom stereocenters. The van der Waals surface area contributed by atoms with Crippen LogP contribution < -0.4 is 15.8 Å². The highest BCUT2D eigenvalue weighted by atomic mass is 32.2. The maximum atomic E-state index is 11.8. The number of nitrogens with one attached hydrogen (secondary N) is 2. The molecule has 0 saturated heterocycles. The van der Waals surface area contributed by atoms with Gasteiger partial charge in [0.1, 0.15) is 0 Å². The number of hydrogen-bond donors (Lipinski definition) is 3. The summed E-state index contributed by atoms with van der Waals surface area (Å²) >= 11 is 0. The van der Waals surface area contributed by atoms with Gasteiger partial charge < -0.3 is 10.6 Å². The minimum atomic E-state index is -3.67. The van der Waals surface area contributed by atoms with Crippen LogP contribution in [-0.2, 0) is 23.0 Å². The monoisotopic (exact) mass is 347 g/mol. The summed E-state index contributed by atoms with van der Waals surface area (Å²) in [6.45, 7) is 2.93. The van der Waals surface area contributed by atoms with Gasteiger partial charge in [0.05, 0.1) is 4.90 Å². The molecule has 6 nitrogen and oxygen atoms in total. The molecule has 0 heterocycles. The zero-order chi connectivity index (χ0) is 17.6. The summed E-state index contributed by atoms with van der Waals surface area (Å²) in [7, 11) is -3.67. The molecule has 2 amide bonds. The molecule has 0 radical (unpaired) electrons. The van der Waals surface area contributed by atoms with Crippen molar-refractivity contribution in [3.05, 3.63) is 65.2 Å². The summed E-state index contributed by atoms with van der Waals surface area (Å²) in [5.41, 5.74) is 3.13. The van der Waals surface area contributed by atoms with E-state index in [1.165, 1.54) is 12.1 Å². The van der Waals surface area contributed by atoms with Crippen LogP contribution in [0.15, 0.2) is 53.4 Å². The molecule has 0 aliphatic rings. The largest absolute Gasteiger partial charge is 0.338 e. The number of aryl methyl sites for hydroxylation is 1. The average Bonchev–Trinajstić information content (AvgIpc) is 2.54. The van der Waals surface area contributed by atoms with Crippen LogP contribution >= 0.6 is 0 Å². The van der Waals surface area contributed by atoms with Crippen molar-refractivity contribution in [2.75, 3.05) is 6.54 Å². The number of benzene rings is 2. The van der Waals surface area contributed by atoms with Gasteiger partial charge in [-0.25, -0.2) is 18.4 Å². The molecule has 128 valence electrons. The third-order valence-electron chi connectivity index (χ3n) is 3.65. The second kappa shape index (κ2) is 7.94. The van der Waals surface area contributed by atoms with Crippen molar-refractivity contribution >= 4 is 16.1 Å². The van der Waals surface area contributed by atoms with E-state index in [-0.39, 0.29) is 10.9 Å². The topological polar surface area (TPSA) is 101 Å². The maximum absolute atomic E-state index is 11.8. The Kier molecular flexibility index (Phi) is 5.94. The number of amides is 2. The van der Waals surface area contributed by atoms with E-state index in [2.05, 4.69) is 10.6 Å². The van der Waals surface area contributed by atoms with Crippen molar-refractivity contribution in [3.63, 3.8) is 0 Å². The summed E-state index contributed by atoms with van der Waals surface area (Å²) < 4.78 is 22.3. The van der Waals surface area contributed by atoms with E-state index in [4.69, 9.17) is 5.14 Å². The number of carbonyl (C=O) groups excluding carboxylic acids is 1. The second-order valence-corrected chi connectivity index (χ2v) is 7.04. The van der Waals surface area contributed by atoms with E-state index < -0.39 is 10.0 Å². The van der Waals surface area contributed by atoms with Crippen molar-refractivity contribution in [1.29, 1.82) is 0 Å². The molecule has 7 heteroatoms. The number of sulfonamides is 1. The highest BCUT2D eigenvalue weighted by Gasteiger charge is 2.07. The molecule has 0 atom stereocenters. The van der Waals surface area contributed by atoms with E-state index in [1.54, 1.807) is 12.1 Å². The smallest absolute Gasteiger partial charge is 0.315 e. The molecule has 0 aliphatic carbocycles. The molecule has 0 aromatic heterocycles. The fourth-order valence-corrected chi connectivity index (χ4v) is 2.73. The van der Waals surface area contributed by atoms with Crippen molar-refractivity contribution in [2.45, 2.75) is 24.8 Å². The minimum absolute atomic E-state index is 0.0789. The van der Waals surface area contributed by atoms with E-state index in [0.717, 1.165) is 16.7 Å². The van der Waals surface area contributed by atoms with Gasteiger partial charge in [-0.3, -0.25) is 0 Å². The van der Waals surface area contributed by atoms with Crippen LogP contribution in [0.2, 0.25) is 0 Å². The first kappa shape index (κ1) is 18.0. The summed E-state index contributed by atoms with van der Waals surface area (Å²) in [5, 5.41) is 10.6. The molecule has 0 aliphatic heterocycles. The van der Waals surface area contributed by atoms with Gasteiger partial charge in [0, 0.05) is 13.1 Å². The lowest BCUT2D eigenvalue weighted by atomic mass is 10.1. The van der Waals surface area contributed by atoms with Crippen molar-refractivity contribution in [3.8, 4) is 0 Å². The summed E-state index contributed by atoms with van der Waals surface area (Å²) in [6.07, 6.45) is 0.600. The average molecular weight is 347 g/mol. The van der Waals surface area contributed by atoms with E-state index >= 15 is 0 Å². The predicted molar refractivity (Wildman–Crippen MR) is 92.9 cm³/mol. The normalized spacial score (nSPS) is 11.1. The Morgan fingerprint density at radius 3 is 2.33 bits per heavy atom. The fourth-order valence-electron chi connectivity index (χ4n) is 2.21. The highest BCUT2D eigenvalue weighted by molar-refractivity contribution is 7.89. The third kappa shape index (κ3) is 5.36. The first-order valence-corrected chi connectivity index (χ1v) is 9.09. The Bertz CT molecular complexity index is 802. The Balaban J connectivity index is 1.75. The van der Waals surface area contributed by atoms with Crippen molar-refractivity contribution in [2.24, 2.45) is 5.14 Å². The lowest BCUT2D eigenvalue weighted by Crippen LogP contribution is -2.36. The van der Waals surface area contributed by atoms with Crippen molar-refractivity contribution in [1.82, 2.24) is 10.6 Å². The standard InChI is InChI=1S/C17H21N3O3S/c1-13-4-2-3-5-15(13)12-20-17(21)19-11-10-14-6-8-16(9-7-14)24(18,22)23/h2-9H,10-12H2,1H3,(H2,18,22,23)(H2,19,20,21). The van der Waals surface area contributed by atoms with E-state index in [0.29, 0.717) is 19.5 Å². The predicted octanol–water partition coefficient (Wildman–Crippen LogP) is 1.68. The molecule has 0 saturated carbocycles. The van der Waals surface area contributed by atoms with Crippen LogP contribution in [0.5, 0.6) is 0 Å². The zero-order valence-electron chi connectivity index (χ0n) is 13.5. The molecule has 2 aromatic carbocycles. The molecule has 0 spiro atoms. The van der Waals surface area contributed by atoms with Crippen LogP contribution in [0.3, 0.4) is 0 Å². The van der Waals surface area contributed by atoms with Crippen LogP contribution in [-0.4, -0.2) is 21.0 Å². The van der Waals surface area contributed by atoms with E-state index in [1.807, 2.05) is 31.2 Å². The number of rotatable bonds is 6. The molecule has 4 N–H and O–H groups in total. The SMILES string of the molecule is Cc1ccccc1CNC(=O)NCCc1ccc(S(N)(=O)=O)cc1. The van der Waals surface area contributed by atoms with Crippen LogP contribution in [0.4, 0.5) is 4.79 Å². The first-order chi connectivity index (χ1) is 11.4. The van der Waals surface area contributed by atoms with Crippen LogP contribution in [0, 0.1) is 6.92 Å². The lowest BCUT2D eigenvalue weighted by Gasteiger charge is -2.09. The van der Waals surface area contributed by atoms with Gasteiger partial charge in [0.15, 0.2) is 0 Å². The van der Waals surface area contributed by atoms with Gasteiger partial charge in [-0.05, 0) is 42.2 Å². The molecule has 0 fully saturated rings. The summed E-state index contributed by atoms with van der Waals surface area (Å²) in [4.78, 5) is 11.9. The summed E-state index contributed by atoms with van der Waals surface area (Å²) in [6, 6.07) is 13.9. The minimum Gasteiger partial charge on any atom is -0.338 e. The quantitative estimate of drug-likeness (QED) is 0.741. The van der Waals surface area contributed by atoms with Crippen LogP contribution in [0.1, 0.15) is 16.7 Å². The van der Waals surface area contributed by atoms with Gasteiger partial charge in [-0.15, -0.1) is 0 Å². The number of carbonyl (C=O) groups is 1. The Morgan fingerprint density at radius 1 is 1.04 bits per heavy atom. The second-order valence-electron chi connectivity index (χ2n) is 5.47. The van der Waals surface area contributed by atoms with E-state index in [9.17, 15) is 13.2 Å². The molecule has 2 rings (SSSR count). The molecule has 24 heavy (non-hydrogen) atoms. The number of nitrogens with two attached hydrogens (primary N) is 1. The Morgan fingerprint density at radius 2 is 1.71 bits per heavy atom. The maximum Gasteiger partial charge on any atom is 0.315 e. The number of primary sulfonamides is 1. The third-order valence-corrected chi connectivity index (χ3v) is 4.58. The molecular weight excluding hydrogens is 326 g/mol. The lowest BCUT2D eigenvalue weighted by molar-refractivity contribution is 0.240. The Hall–Kier alpha value is -2.38. The van der Waals surface area contributed by atoms with Crippen LogP contribution in [0.25, 0.3) is 0 Å². The van der Waals surface area contributed by atoms with Gasteiger partial charge in [0.25, 0.3) is 0 Å². The van der Waals surface area contributed by atoms with Gasteiger partial charge in [0.2, 0.25) is 10.0 Å². The zero-order valence-corrected chi connectivity index (χ0v) is 14.3. The van der Waals surface area contributed by atoms with Gasteiger partial charge in [-0.2, -0.15) is 0 Å². The highest BCUT2D eigenvalue weighted by Crippen LogP contribution is 2.09. The Labute approximate surface area is 142 Å². The summed E-state index contributed by atoms with van der Waals surface area (Å²) in [5.74, 6) is 0. The number of urea groups is 1. The fraction of sp³-hybridized carbons (Fsp3) is 0.235. The van der Waals surface area contributed by atoms with Gasteiger partial charge in [-0.1, -0.05) is 36.4 Å². The molecule has 2 aromatic rings. The van der Waals surface area contributed by atoms with Crippen molar-refractivity contribution < 1.29 is 13.2 Å². The molecule has 0 bridgehead atoms.